The summed E-state index contributed by atoms with van der Waals surface area (Å²) in [4.78, 5) is 8.62. The Morgan fingerprint density at radius 2 is 0.552 bits per heavy atom. The molecule has 0 unspecified atom stereocenters. The smallest absolute Gasteiger partial charge is 0.128 e. The lowest BCUT2D eigenvalue weighted by atomic mass is 10.1. The van der Waals surface area contributed by atoms with Crippen LogP contribution in [0.15, 0.2) is 0 Å². The highest BCUT2D eigenvalue weighted by Crippen LogP contribution is 2.29. The molecule has 0 bridgehead atoms. The molecule has 0 amide bonds. The van der Waals surface area contributed by atoms with Gasteiger partial charge >= 0.3 is 0 Å². The van der Waals surface area contributed by atoms with Gasteiger partial charge in [0.05, 0.1) is 0 Å². The molecule has 0 saturated carbocycles. The van der Waals surface area contributed by atoms with Gasteiger partial charge in [0.25, 0.3) is 0 Å². The summed E-state index contributed by atoms with van der Waals surface area (Å²) in [5, 5.41) is 0. The monoisotopic (exact) mass is 411 g/mol. The maximum Gasteiger partial charge on any atom is 0.128 e. The van der Waals surface area contributed by atoms with E-state index >= 15 is 0 Å². The van der Waals surface area contributed by atoms with Crippen LogP contribution in [0.4, 0.5) is 0 Å². The van der Waals surface area contributed by atoms with Crippen LogP contribution in [0.2, 0.25) is 0 Å². The van der Waals surface area contributed by atoms with Gasteiger partial charge in [-0.05, 0) is 45.4 Å². The molecular weight excluding hydrogens is 354 g/mol. The highest BCUT2D eigenvalue weighted by molar-refractivity contribution is 4.88. The summed E-state index contributed by atoms with van der Waals surface area (Å²) in [5.41, 5.74) is 0. The van der Waals surface area contributed by atoms with Gasteiger partial charge in [-0.1, -0.05) is 80.1 Å². The fraction of sp³-hybridized carbons (Fsp3) is 1.00. The second kappa shape index (κ2) is 18.6. The Labute approximate surface area is 185 Å². The lowest BCUT2D eigenvalue weighted by Gasteiger charge is -2.55. The minimum absolute atomic E-state index is 0.0546. The molecule has 0 fully saturated rings. The van der Waals surface area contributed by atoms with Gasteiger partial charge in [-0.15, -0.1) is 0 Å². The molecular formula is C26H57N3. The van der Waals surface area contributed by atoms with Crippen LogP contribution in [-0.4, -0.2) is 59.8 Å². The van der Waals surface area contributed by atoms with E-state index in [1.54, 1.807) is 0 Å². The Morgan fingerprint density at radius 3 is 0.690 bits per heavy atom. The molecule has 0 aromatic rings. The van der Waals surface area contributed by atoms with Crippen LogP contribution in [0.25, 0.3) is 0 Å². The number of hydrogen-bond acceptors (Lipinski definition) is 3. The molecule has 176 valence electrons. The van der Waals surface area contributed by atoms with Crippen molar-refractivity contribution >= 4 is 0 Å². The highest BCUT2D eigenvalue weighted by Gasteiger charge is 2.41. The Kier molecular flexibility index (Phi) is 18.6. The van der Waals surface area contributed by atoms with E-state index in [1.807, 2.05) is 0 Å². The van der Waals surface area contributed by atoms with Crippen LogP contribution < -0.4 is 0 Å². The summed E-state index contributed by atoms with van der Waals surface area (Å²) >= 11 is 0. The van der Waals surface area contributed by atoms with Crippen molar-refractivity contribution in [2.75, 3.05) is 39.3 Å². The van der Waals surface area contributed by atoms with Gasteiger partial charge < -0.3 is 0 Å². The van der Waals surface area contributed by atoms with Crippen LogP contribution in [0, 0.1) is 0 Å². The van der Waals surface area contributed by atoms with Crippen LogP contribution in [0.3, 0.4) is 0 Å². The first-order valence-electron chi connectivity index (χ1n) is 13.3. The lowest BCUT2D eigenvalue weighted by molar-refractivity contribution is -0.161. The fourth-order valence-electron chi connectivity index (χ4n) is 4.30. The third-order valence-corrected chi connectivity index (χ3v) is 6.49. The molecule has 29 heavy (non-hydrogen) atoms. The second-order valence-electron chi connectivity index (χ2n) is 9.05. The lowest BCUT2D eigenvalue weighted by Crippen LogP contribution is -2.69. The van der Waals surface area contributed by atoms with Gasteiger partial charge in [0.15, 0.2) is 0 Å². The summed E-state index contributed by atoms with van der Waals surface area (Å²) < 4.78 is 0. The van der Waals surface area contributed by atoms with Gasteiger partial charge in [-0.2, -0.15) is 0 Å². The maximum absolute atomic E-state index is 2.87. The molecule has 0 aliphatic rings. The van der Waals surface area contributed by atoms with Crippen molar-refractivity contribution in [1.29, 1.82) is 0 Å². The summed E-state index contributed by atoms with van der Waals surface area (Å²) in [5.74, 6) is 0.0546. The quantitative estimate of drug-likeness (QED) is 0.183. The zero-order valence-corrected chi connectivity index (χ0v) is 21.6. The number of rotatable bonds is 21. The van der Waals surface area contributed by atoms with Gasteiger partial charge in [0.2, 0.25) is 0 Å². The minimum Gasteiger partial charge on any atom is -0.273 e. The number of nitrogens with zero attached hydrogens (tertiary/aromatic N) is 3. The van der Waals surface area contributed by atoms with Crippen molar-refractivity contribution in [1.82, 2.24) is 14.7 Å². The Bertz CT molecular complexity index is 271. The molecule has 0 aliphatic carbocycles. The van der Waals surface area contributed by atoms with E-state index in [0.29, 0.717) is 0 Å². The fourth-order valence-corrected chi connectivity index (χ4v) is 4.30. The Morgan fingerprint density at radius 1 is 0.379 bits per heavy atom. The van der Waals surface area contributed by atoms with Gasteiger partial charge in [0, 0.05) is 39.3 Å². The normalized spacial score (nSPS) is 12.6. The second-order valence-corrected chi connectivity index (χ2v) is 9.05. The van der Waals surface area contributed by atoms with Crippen molar-refractivity contribution in [3.63, 3.8) is 0 Å². The van der Waals surface area contributed by atoms with Gasteiger partial charge in [0.1, 0.15) is 5.79 Å². The summed E-state index contributed by atoms with van der Waals surface area (Å²) in [6.07, 6.45) is 15.6. The Balaban J connectivity index is 6.01. The summed E-state index contributed by atoms with van der Waals surface area (Å²) in [7, 11) is 0. The van der Waals surface area contributed by atoms with E-state index in [9.17, 15) is 0 Å². The molecule has 0 aliphatic heterocycles. The van der Waals surface area contributed by atoms with E-state index < -0.39 is 0 Å². The van der Waals surface area contributed by atoms with E-state index in [1.165, 1.54) is 116 Å². The predicted molar refractivity (Wildman–Crippen MR) is 133 cm³/mol. The van der Waals surface area contributed by atoms with Crippen molar-refractivity contribution in [2.45, 2.75) is 131 Å². The molecule has 0 spiro atoms. The average molecular weight is 412 g/mol. The topological polar surface area (TPSA) is 9.72 Å². The van der Waals surface area contributed by atoms with Gasteiger partial charge in [-0.25, -0.2) is 0 Å². The molecule has 0 radical (unpaired) electrons. The zero-order chi connectivity index (χ0) is 22.0. The molecule has 0 saturated heterocycles. The third kappa shape index (κ3) is 10.6. The van der Waals surface area contributed by atoms with Crippen LogP contribution >= 0.6 is 0 Å². The average Bonchev–Trinajstić information content (AvgIpc) is 2.73. The SMILES string of the molecule is CCCCN(CCCC)C(C)(N(CCCC)CCCC)N(CCCC)CCCC. The van der Waals surface area contributed by atoms with Crippen LogP contribution in [0.5, 0.6) is 0 Å². The van der Waals surface area contributed by atoms with E-state index in [2.05, 4.69) is 63.2 Å². The molecule has 0 heterocycles. The van der Waals surface area contributed by atoms with E-state index in [-0.39, 0.29) is 5.79 Å². The highest BCUT2D eigenvalue weighted by atomic mass is 15.6. The molecule has 3 heteroatoms. The van der Waals surface area contributed by atoms with E-state index in [4.69, 9.17) is 0 Å². The molecule has 0 rings (SSSR count). The minimum atomic E-state index is 0.0546. The largest absolute Gasteiger partial charge is 0.273 e. The molecule has 0 aromatic heterocycles. The first-order chi connectivity index (χ1) is 14.1. The number of unbranched alkanes of at least 4 members (excludes halogenated alkanes) is 6. The number of hydrogen-bond donors (Lipinski definition) is 0. The van der Waals surface area contributed by atoms with Crippen LogP contribution in [0.1, 0.15) is 126 Å². The first kappa shape index (κ1) is 28.9. The molecule has 0 atom stereocenters. The van der Waals surface area contributed by atoms with Crippen molar-refractivity contribution < 1.29 is 0 Å². The van der Waals surface area contributed by atoms with Gasteiger partial charge in [-0.3, -0.25) is 14.7 Å². The van der Waals surface area contributed by atoms with Crippen molar-refractivity contribution in [3.8, 4) is 0 Å². The first-order valence-corrected chi connectivity index (χ1v) is 13.3. The zero-order valence-electron chi connectivity index (χ0n) is 21.6. The maximum atomic E-state index is 2.87. The van der Waals surface area contributed by atoms with Crippen molar-refractivity contribution in [3.05, 3.63) is 0 Å². The molecule has 3 nitrogen and oxygen atoms in total. The Hall–Kier alpha value is -0.120. The van der Waals surface area contributed by atoms with Crippen LogP contribution in [-0.2, 0) is 0 Å². The predicted octanol–water partition coefficient (Wildman–Crippen LogP) is 7.37. The summed E-state index contributed by atoms with van der Waals surface area (Å²) in [6, 6.07) is 0. The molecule has 0 N–H and O–H groups in total. The summed E-state index contributed by atoms with van der Waals surface area (Å²) in [6.45, 7) is 24.0. The molecule has 0 aromatic carbocycles. The standard InChI is InChI=1S/C26H57N3/c1-8-14-20-27(21-15-9-2)26(7,28(22-16-10-3)23-17-11-4)29(24-18-12-5)25-19-13-6/h8-25H2,1-7H3. The van der Waals surface area contributed by atoms with Crippen molar-refractivity contribution in [2.24, 2.45) is 0 Å². The third-order valence-electron chi connectivity index (χ3n) is 6.49. The van der Waals surface area contributed by atoms with E-state index in [0.717, 1.165) is 0 Å².